The largest absolute Gasteiger partial charge is 0.371 e. The molecule has 1 aliphatic heterocycles. The van der Waals surface area contributed by atoms with Crippen LogP contribution >= 0.6 is 0 Å². The lowest BCUT2D eigenvalue weighted by molar-refractivity contribution is -0.0148. The van der Waals surface area contributed by atoms with Crippen molar-refractivity contribution in [1.29, 1.82) is 0 Å². The molecule has 4 nitrogen and oxygen atoms in total. The number of para-hydroxylation sites is 1. The third kappa shape index (κ3) is 2.68. The Morgan fingerprint density at radius 1 is 1.47 bits per heavy atom. The van der Waals surface area contributed by atoms with Gasteiger partial charge in [0.25, 0.3) is 0 Å². The van der Waals surface area contributed by atoms with Crippen LogP contribution in [0.25, 0.3) is 0 Å². The van der Waals surface area contributed by atoms with E-state index in [0.29, 0.717) is 6.54 Å². The highest BCUT2D eigenvalue weighted by atomic mass is 16.5. The van der Waals surface area contributed by atoms with Crippen LogP contribution in [0.5, 0.6) is 0 Å². The molecule has 1 aromatic rings. The van der Waals surface area contributed by atoms with E-state index in [1.807, 2.05) is 37.3 Å². The Kier molecular flexibility index (Phi) is 3.20. The van der Waals surface area contributed by atoms with Crippen LogP contribution in [0.2, 0.25) is 0 Å². The van der Waals surface area contributed by atoms with Crippen molar-refractivity contribution >= 4 is 5.69 Å². The summed E-state index contributed by atoms with van der Waals surface area (Å²) in [4.78, 5) is 0. The molecule has 0 aromatic heterocycles. The summed E-state index contributed by atoms with van der Waals surface area (Å²) in [6.45, 7) is 2.59. The van der Waals surface area contributed by atoms with Crippen molar-refractivity contribution in [2.24, 2.45) is 0 Å². The molecule has 15 heavy (non-hydrogen) atoms. The van der Waals surface area contributed by atoms with Crippen molar-refractivity contribution in [3.8, 4) is 0 Å². The van der Waals surface area contributed by atoms with E-state index in [1.54, 1.807) is 0 Å². The van der Waals surface area contributed by atoms with Gasteiger partial charge in [0.2, 0.25) is 0 Å². The first-order valence-corrected chi connectivity index (χ1v) is 5.14. The van der Waals surface area contributed by atoms with Crippen LogP contribution in [0.4, 0.5) is 5.69 Å². The molecule has 3 N–H and O–H groups in total. The Morgan fingerprint density at radius 3 is 2.80 bits per heavy atom. The van der Waals surface area contributed by atoms with Crippen molar-refractivity contribution in [2.75, 3.05) is 11.9 Å². The van der Waals surface area contributed by atoms with Crippen LogP contribution in [-0.2, 0) is 4.74 Å². The summed E-state index contributed by atoms with van der Waals surface area (Å²) < 4.78 is 5.47. The minimum Gasteiger partial charge on any atom is -0.371 e. The highest BCUT2D eigenvalue weighted by Gasteiger charge is 2.27. The van der Waals surface area contributed by atoms with E-state index in [1.165, 1.54) is 0 Å². The number of nitrogens with one attached hydrogen (secondary N) is 2. The zero-order valence-electron chi connectivity index (χ0n) is 8.68. The van der Waals surface area contributed by atoms with E-state index in [4.69, 9.17) is 4.74 Å². The van der Waals surface area contributed by atoms with Gasteiger partial charge in [-0.05, 0) is 19.1 Å². The van der Waals surface area contributed by atoms with E-state index in [9.17, 15) is 5.11 Å². The molecule has 0 amide bonds. The number of aliphatic hydroxyl groups excluding tert-OH is 1. The SMILES string of the molecule is C[C@H]1NC[C@H](C(O)Nc2ccccc2)O1. The van der Waals surface area contributed by atoms with E-state index in [-0.39, 0.29) is 12.3 Å². The van der Waals surface area contributed by atoms with Gasteiger partial charge >= 0.3 is 0 Å². The molecule has 1 fully saturated rings. The van der Waals surface area contributed by atoms with Crippen molar-refractivity contribution in [2.45, 2.75) is 25.5 Å². The average molecular weight is 208 g/mol. The lowest BCUT2D eigenvalue weighted by atomic mass is 10.2. The molecule has 0 saturated carbocycles. The van der Waals surface area contributed by atoms with Gasteiger partial charge in [-0.2, -0.15) is 0 Å². The summed E-state index contributed by atoms with van der Waals surface area (Å²) in [5, 5.41) is 16.0. The van der Waals surface area contributed by atoms with Crippen LogP contribution < -0.4 is 10.6 Å². The molecule has 3 atom stereocenters. The number of rotatable bonds is 3. The highest BCUT2D eigenvalue weighted by molar-refractivity contribution is 5.43. The quantitative estimate of drug-likeness (QED) is 0.642. The van der Waals surface area contributed by atoms with Gasteiger partial charge in [-0.15, -0.1) is 0 Å². The van der Waals surface area contributed by atoms with E-state index in [2.05, 4.69) is 10.6 Å². The molecular weight excluding hydrogens is 192 g/mol. The van der Waals surface area contributed by atoms with Gasteiger partial charge in [0, 0.05) is 12.2 Å². The molecule has 0 bridgehead atoms. The van der Waals surface area contributed by atoms with Crippen LogP contribution in [-0.4, -0.2) is 30.2 Å². The molecule has 1 aliphatic rings. The highest BCUT2D eigenvalue weighted by Crippen LogP contribution is 2.12. The molecule has 1 heterocycles. The minimum atomic E-state index is -0.676. The number of anilines is 1. The number of benzene rings is 1. The van der Waals surface area contributed by atoms with Crippen molar-refractivity contribution in [1.82, 2.24) is 5.32 Å². The van der Waals surface area contributed by atoms with E-state index < -0.39 is 6.23 Å². The number of hydrogen-bond donors (Lipinski definition) is 3. The molecular formula is C11H16N2O2. The van der Waals surface area contributed by atoms with Gasteiger partial charge in [-0.3, -0.25) is 5.32 Å². The van der Waals surface area contributed by atoms with Gasteiger partial charge < -0.3 is 15.2 Å². The van der Waals surface area contributed by atoms with Gasteiger partial charge in [-0.25, -0.2) is 0 Å². The monoisotopic (exact) mass is 208 g/mol. The molecule has 2 rings (SSSR count). The average Bonchev–Trinajstić information content (AvgIpc) is 2.66. The maximum Gasteiger partial charge on any atom is 0.152 e. The molecule has 1 aromatic carbocycles. The molecule has 1 saturated heterocycles. The Morgan fingerprint density at radius 2 is 2.20 bits per heavy atom. The first-order chi connectivity index (χ1) is 7.25. The Balaban J connectivity index is 1.90. The summed E-state index contributed by atoms with van der Waals surface area (Å²) in [5.41, 5.74) is 0.896. The number of ether oxygens (including phenoxy) is 1. The van der Waals surface area contributed by atoms with Gasteiger partial charge in [0.1, 0.15) is 12.3 Å². The Hall–Kier alpha value is -1.10. The second-order valence-electron chi connectivity index (χ2n) is 3.68. The molecule has 4 heteroatoms. The molecule has 0 aliphatic carbocycles. The van der Waals surface area contributed by atoms with Gasteiger partial charge in [0.05, 0.1) is 0 Å². The number of hydrogen-bond acceptors (Lipinski definition) is 4. The van der Waals surface area contributed by atoms with E-state index >= 15 is 0 Å². The van der Waals surface area contributed by atoms with Crippen LogP contribution in [0.15, 0.2) is 30.3 Å². The summed E-state index contributed by atoms with van der Waals surface area (Å²) >= 11 is 0. The Bertz CT molecular complexity index is 305. The second kappa shape index (κ2) is 4.61. The fraction of sp³-hybridized carbons (Fsp3) is 0.455. The summed E-state index contributed by atoms with van der Waals surface area (Å²) in [6, 6.07) is 9.61. The maximum absolute atomic E-state index is 9.84. The molecule has 82 valence electrons. The maximum atomic E-state index is 9.84. The molecule has 0 radical (unpaired) electrons. The van der Waals surface area contributed by atoms with Crippen LogP contribution in [0.1, 0.15) is 6.92 Å². The molecule has 1 unspecified atom stereocenters. The van der Waals surface area contributed by atoms with Crippen molar-refractivity contribution in [3.05, 3.63) is 30.3 Å². The van der Waals surface area contributed by atoms with Crippen molar-refractivity contribution in [3.63, 3.8) is 0 Å². The smallest absolute Gasteiger partial charge is 0.152 e. The summed E-state index contributed by atoms with van der Waals surface area (Å²) in [5.74, 6) is 0. The molecule has 0 spiro atoms. The third-order valence-corrected chi connectivity index (χ3v) is 2.43. The van der Waals surface area contributed by atoms with Crippen LogP contribution in [0.3, 0.4) is 0 Å². The summed E-state index contributed by atoms with van der Waals surface area (Å²) in [6.07, 6.45) is -0.854. The lowest BCUT2D eigenvalue weighted by Crippen LogP contribution is -2.35. The zero-order chi connectivity index (χ0) is 10.7. The first-order valence-electron chi connectivity index (χ1n) is 5.14. The fourth-order valence-corrected chi connectivity index (χ4v) is 1.62. The topological polar surface area (TPSA) is 53.5 Å². The predicted molar refractivity (Wildman–Crippen MR) is 58.4 cm³/mol. The van der Waals surface area contributed by atoms with Crippen LogP contribution in [0, 0.1) is 0 Å². The van der Waals surface area contributed by atoms with E-state index in [0.717, 1.165) is 5.69 Å². The zero-order valence-corrected chi connectivity index (χ0v) is 8.68. The minimum absolute atomic E-state index is 0.0159. The third-order valence-electron chi connectivity index (χ3n) is 2.43. The first kappa shape index (κ1) is 10.4. The lowest BCUT2D eigenvalue weighted by Gasteiger charge is -2.19. The Labute approximate surface area is 89.3 Å². The fourth-order valence-electron chi connectivity index (χ4n) is 1.62. The second-order valence-corrected chi connectivity index (χ2v) is 3.68. The van der Waals surface area contributed by atoms with Gasteiger partial charge in [0.15, 0.2) is 6.23 Å². The van der Waals surface area contributed by atoms with Gasteiger partial charge in [-0.1, -0.05) is 18.2 Å². The normalized spacial score (nSPS) is 27.6. The van der Waals surface area contributed by atoms with Crippen molar-refractivity contribution < 1.29 is 9.84 Å². The standard InChI is InChI=1S/C11H16N2O2/c1-8-12-7-10(15-8)11(14)13-9-5-3-2-4-6-9/h2-6,8,10-14H,7H2,1H3/t8-,10+,11?/m0/s1. The summed E-state index contributed by atoms with van der Waals surface area (Å²) in [7, 11) is 0. The number of aliphatic hydroxyl groups is 1. The predicted octanol–water partition coefficient (Wildman–Crippen LogP) is 0.751.